The predicted octanol–water partition coefficient (Wildman–Crippen LogP) is -0.228. The van der Waals surface area contributed by atoms with Crippen LogP contribution in [0.4, 0.5) is 0 Å². The summed E-state index contributed by atoms with van der Waals surface area (Å²) < 4.78 is 4.92. The molecule has 1 rings (SSSR count). The van der Waals surface area contributed by atoms with Crippen LogP contribution in [0.1, 0.15) is 6.42 Å². The summed E-state index contributed by atoms with van der Waals surface area (Å²) in [6, 6.07) is -0.234. The van der Waals surface area contributed by atoms with Gasteiger partial charge in [-0.2, -0.15) is 0 Å². The second-order valence-electron chi connectivity index (χ2n) is 2.34. The lowest BCUT2D eigenvalue weighted by Gasteiger charge is -2.51. The van der Waals surface area contributed by atoms with E-state index in [-0.39, 0.29) is 18.6 Å². The van der Waals surface area contributed by atoms with Gasteiger partial charge in [-0.15, -0.1) is 0 Å². The molecule has 1 saturated heterocycles. The number of rotatable bonds is 3. The number of hydroxylamine groups is 2. The van der Waals surface area contributed by atoms with Gasteiger partial charge in [-0.1, -0.05) is 0 Å². The van der Waals surface area contributed by atoms with Crippen LogP contribution in [0.2, 0.25) is 0 Å². The van der Waals surface area contributed by atoms with E-state index >= 15 is 0 Å². The lowest BCUT2D eigenvalue weighted by Crippen LogP contribution is -2.57. The Labute approximate surface area is 59.3 Å². The zero-order chi connectivity index (χ0) is 7.56. The highest BCUT2D eigenvalue weighted by atomic mass is 16.5. The molecular weight excluding hydrogens is 134 g/mol. The second-order valence-corrected chi connectivity index (χ2v) is 2.34. The van der Waals surface area contributed by atoms with E-state index in [1.54, 1.807) is 7.11 Å². The Morgan fingerprint density at radius 3 is 3.00 bits per heavy atom. The highest BCUT2D eigenvalue weighted by Gasteiger charge is 2.31. The third-order valence-corrected chi connectivity index (χ3v) is 1.80. The van der Waals surface area contributed by atoms with Crippen molar-refractivity contribution >= 4 is 6.29 Å². The predicted molar refractivity (Wildman–Crippen MR) is 35.3 cm³/mol. The van der Waals surface area contributed by atoms with Gasteiger partial charge in [0.1, 0.15) is 6.29 Å². The van der Waals surface area contributed by atoms with Gasteiger partial charge >= 0.3 is 0 Å². The number of nitrogens with zero attached hydrogens (tertiary/aromatic N) is 1. The molecule has 0 N–H and O–H groups in total. The Hall–Kier alpha value is -0.450. The van der Waals surface area contributed by atoms with Crippen molar-refractivity contribution in [1.82, 2.24) is 5.06 Å². The first-order valence-corrected chi connectivity index (χ1v) is 3.19. The topological polar surface area (TPSA) is 52.6 Å². The molecule has 1 fully saturated rings. The van der Waals surface area contributed by atoms with Crippen LogP contribution in [-0.4, -0.2) is 37.1 Å². The Kier molecular flexibility index (Phi) is 2.37. The molecule has 58 valence electrons. The minimum absolute atomic E-state index is 0.0392. The van der Waals surface area contributed by atoms with Crippen LogP contribution >= 0.6 is 0 Å². The molecule has 2 unspecified atom stereocenters. The van der Waals surface area contributed by atoms with Crippen LogP contribution in [0.25, 0.3) is 0 Å². The van der Waals surface area contributed by atoms with Crippen LogP contribution in [0.15, 0.2) is 0 Å². The summed E-state index contributed by atoms with van der Waals surface area (Å²) in [5.74, 6) is 0. The first-order chi connectivity index (χ1) is 4.79. The maximum Gasteiger partial charge on any atom is 0.121 e. The van der Waals surface area contributed by atoms with Gasteiger partial charge in [-0.05, 0) is 0 Å². The molecule has 2 atom stereocenters. The molecule has 4 nitrogen and oxygen atoms in total. The van der Waals surface area contributed by atoms with Crippen LogP contribution in [-0.2, 0) is 9.53 Å². The lowest BCUT2D eigenvalue weighted by molar-refractivity contribution is -0.114. The van der Waals surface area contributed by atoms with Gasteiger partial charge in [0.2, 0.25) is 0 Å². The fourth-order valence-electron chi connectivity index (χ4n) is 1.08. The summed E-state index contributed by atoms with van der Waals surface area (Å²) in [6.45, 7) is 0.398. The SMILES string of the molecule is COC1CN([O-])C1CC=O. The number of methoxy groups -OCH3 is 1. The monoisotopic (exact) mass is 144 g/mol. The third kappa shape index (κ3) is 1.18. The molecule has 0 spiro atoms. The van der Waals surface area contributed by atoms with Crippen LogP contribution in [0, 0.1) is 5.21 Å². The van der Waals surface area contributed by atoms with Crippen LogP contribution < -0.4 is 0 Å². The molecule has 4 heteroatoms. The van der Waals surface area contributed by atoms with Gasteiger partial charge in [0.25, 0.3) is 0 Å². The van der Waals surface area contributed by atoms with E-state index in [1.165, 1.54) is 0 Å². The number of carbonyl (C=O) groups excluding carboxylic acids is 1. The molecule has 0 radical (unpaired) electrons. The molecule has 0 aromatic heterocycles. The summed E-state index contributed by atoms with van der Waals surface area (Å²) in [5, 5.41) is 11.5. The van der Waals surface area contributed by atoms with Gasteiger partial charge in [-0.3, -0.25) is 0 Å². The summed E-state index contributed by atoms with van der Waals surface area (Å²) in [7, 11) is 1.55. The molecule has 0 bridgehead atoms. The van der Waals surface area contributed by atoms with E-state index in [2.05, 4.69) is 0 Å². The molecule has 0 amide bonds. The van der Waals surface area contributed by atoms with Gasteiger partial charge < -0.3 is 19.8 Å². The normalized spacial score (nSPS) is 33.4. The van der Waals surface area contributed by atoms with E-state index in [0.29, 0.717) is 6.54 Å². The van der Waals surface area contributed by atoms with Gasteiger partial charge in [-0.25, -0.2) is 0 Å². The smallest absolute Gasteiger partial charge is 0.121 e. The van der Waals surface area contributed by atoms with Crippen molar-refractivity contribution in [1.29, 1.82) is 0 Å². The molecule has 1 heterocycles. The van der Waals surface area contributed by atoms with Crippen molar-refractivity contribution in [2.24, 2.45) is 0 Å². The number of carbonyl (C=O) groups is 1. The summed E-state index contributed by atoms with van der Waals surface area (Å²) in [4.78, 5) is 9.99. The minimum Gasteiger partial charge on any atom is -0.785 e. The summed E-state index contributed by atoms with van der Waals surface area (Å²) >= 11 is 0. The maximum atomic E-state index is 10.7. The van der Waals surface area contributed by atoms with E-state index in [0.717, 1.165) is 11.3 Å². The zero-order valence-electron chi connectivity index (χ0n) is 5.82. The largest absolute Gasteiger partial charge is 0.785 e. The Balaban J connectivity index is 2.32. The number of hydrogen-bond donors (Lipinski definition) is 0. The van der Waals surface area contributed by atoms with Gasteiger partial charge in [0.05, 0.1) is 6.10 Å². The first kappa shape index (κ1) is 7.65. The fourth-order valence-corrected chi connectivity index (χ4v) is 1.08. The molecule has 1 aliphatic rings. The molecule has 0 saturated carbocycles. The second kappa shape index (κ2) is 3.09. The van der Waals surface area contributed by atoms with E-state index in [1.807, 2.05) is 0 Å². The lowest BCUT2D eigenvalue weighted by atomic mass is 10.00. The molecular formula is C6H10NO3-. The van der Waals surface area contributed by atoms with Crippen molar-refractivity contribution in [3.05, 3.63) is 5.21 Å². The fraction of sp³-hybridized carbons (Fsp3) is 0.833. The number of aldehydes is 1. The van der Waals surface area contributed by atoms with Gasteiger partial charge in [0.15, 0.2) is 0 Å². The third-order valence-electron chi connectivity index (χ3n) is 1.80. The molecule has 10 heavy (non-hydrogen) atoms. The van der Waals surface area contributed by atoms with Crippen molar-refractivity contribution < 1.29 is 9.53 Å². The van der Waals surface area contributed by atoms with Crippen molar-refractivity contribution in [3.8, 4) is 0 Å². The van der Waals surface area contributed by atoms with Crippen molar-refractivity contribution in [2.45, 2.75) is 18.6 Å². The quantitative estimate of drug-likeness (QED) is 0.513. The Bertz CT molecular complexity index is 128. The van der Waals surface area contributed by atoms with E-state index in [4.69, 9.17) is 4.74 Å². The maximum absolute atomic E-state index is 10.7. The molecule has 0 aromatic carbocycles. The van der Waals surface area contributed by atoms with E-state index < -0.39 is 0 Å². The van der Waals surface area contributed by atoms with E-state index in [9.17, 15) is 10.0 Å². The molecule has 0 aliphatic carbocycles. The minimum atomic E-state index is -0.234. The molecule has 1 aliphatic heterocycles. The average molecular weight is 144 g/mol. The molecule has 0 aromatic rings. The van der Waals surface area contributed by atoms with Crippen molar-refractivity contribution in [2.75, 3.05) is 13.7 Å². The number of hydrogen-bond acceptors (Lipinski definition) is 4. The van der Waals surface area contributed by atoms with Crippen molar-refractivity contribution in [3.63, 3.8) is 0 Å². The Morgan fingerprint density at radius 2 is 2.60 bits per heavy atom. The highest BCUT2D eigenvalue weighted by Crippen LogP contribution is 2.20. The van der Waals surface area contributed by atoms with Crippen LogP contribution in [0.3, 0.4) is 0 Å². The summed E-state index contributed by atoms with van der Waals surface area (Å²) in [6.07, 6.45) is 0.991. The zero-order valence-corrected chi connectivity index (χ0v) is 5.82. The first-order valence-electron chi connectivity index (χ1n) is 3.19. The van der Waals surface area contributed by atoms with Gasteiger partial charge in [0, 0.05) is 26.1 Å². The highest BCUT2D eigenvalue weighted by molar-refractivity contribution is 5.51. The Morgan fingerprint density at radius 1 is 1.90 bits per heavy atom. The average Bonchev–Trinajstić information content (AvgIpc) is 1.95. The standard InChI is InChI=1S/C6H10NO3/c1-10-6-4-7(9)5(6)2-3-8/h3,5-6H,2,4H2,1H3/q-1. The van der Waals surface area contributed by atoms with Crippen LogP contribution in [0.5, 0.6) is 0 Å². The number of ether oxygens (including phenoxy) is 1. The summed E-state index contributed by atoms with van der Waals surface area (Å²) in [5.41, 5.74) is 0.